The third-order valence-corrected chi connectivity index (χ3v) is 2.87. The molecule has 8 heteroatoms. The molecule has 1 aromatic heterocycles. The van der Waals surface area contributed by atoms with E-state index in [0.29, 0.717) is 24.5 Å². The Bertz CT molecular complexity index is 414. The first kappa shape index (κ1) is 17.4. The van der Waals surface area contributed by atoms with Gasteiger partial charge < -0.3 is 14.5 Å². The summed E-state index contributed by atoms with van der Waals surface area (Å²) in [7, 11) is 4.12. The highest BCUT2D eigenvalue weighted by molar-refractivity contribution is 5.37. The number of rotatable bonds is 10. The minimum absolute atomic E-state index is 0.306. The van der Waals surface area contributed by atoms with Crippen LogP contribution < -0.4 is 20.9 Å². The first-order chi connectivity index (χ1) is 10.1. The van der Waals surface area contributed by atoms with Crippen molar-refractivity contribution in [3.05, 3.63) is 0 Å². The molecule has 0 amide bonds. The molecule has 0 spiro atoms. The lowest BCUT2D eigenvalue weighted by Crippen LogP contribution is -2.29. The van der Waals surface area contributed by atoms with Gasteiger partial charge in [0.1, 0.15) is 0 Å². The van der Waals surface area contributed by atoms with Gasteiger partial charge in [0.05, 0.1) is 6.61 Å². The summed E-state index contributed by atoms with van der Waals surface area (Å²) in [6.07, 6.45) is 1.93. The van der Waals surface area contributed by atoms with Crippen LogP contribution in [0.5, 0.6) is 6.01 Å². The largest absolute Gasteiger partial charge is 0.463 e. The summed E-state index contributed by atoms with van der Waals surface area (Å²) in [5.74, 6) is 6.32. The molecule has 0 aromatic carbocycles. The lowest BCUT2D eigenvalue weighted by Gasteiger charge is -2.22. The lowest BCUT2D eigenvalue weighted by molar-refractivity contribution is 0.291. The molecule has 1 rings (SSSR count). The topological polar surface area (TPSA) is 92.4 Å². The van der Waals surface area contributed by atoms with E-state index in [1.165, 1.54) is 0 Å². The van der Waals surface area contributed by atoms with Crippen molar-refractivity contribution in [3.63, 3.8) is 0 Å². The van der Waals surface area contributed by atoms with Crippen LogP contribution >= 0.6 is 0 Å². The van der Waals surface area contributed by atoms with Crippen molar-refractivity contribution in [2.24, 2.45) is 5.84 Å². The predicted octanol–water partition coefficient (Wildman–Crippen LogP) is 0.724. The molecule has 8 nitrogen and oxygen atoms in total. The number of hydrogen-bond acceptors (Lipinski definition) is 8. The van der Waals surface area contributed by atoms with Gasteiger partial charge in [0.25, 0.3) is 0 Å². The fourth-order valence-corrected chi connectivity index (χ4v) is 1.79. The molecule has 0 aliphatic rings. The average Bonchev–Trinajstić information content (AvgIpc) is 2.48. The van der Waals surface area contributed by atoms with E-state index >= 15 is 0 Å². The number of ether oxygens (including phenoxy) is 1. The van der Waals surface area contributed by atoms with E-state index in [1.807, 2.05) is 6.92 Å². The molecule has 0 aliphatic carbocycles. The molecule has 0 bridgehead atoms. The first-order valence-electron chi connectivity index (χ1n) is 7.35. The van der Waals surface area contributed by atoms with Crippen LogP contribution in [0.2, 0.25) is 0 Å². The number of hydrazine groups is 1. The molecule has 3 N–H and O–H groups in total. The zero-order valence-electron chi connectivity index (χ0n) is 13.5. The highest BCUT2D eigenvalue weighted by Crippen LogP contribution is 2.15. The summed E-state index contributed by atoms with van der Waals surface area (Å²) in [6, 6.07) is 0.306. The fraction of sp³-hybridized carbons (Fsp3) is 0.769. The molecule has 21 heavy (non-hydrogen) atoms. The number of anilines is 2. The Hall–Kier alpha value is -1.67. The van der Waals surface area contributed by atoms with Crippen molar-refractivity contribution < 1.29 is 4.74 Å². The number of nitrogen functional groups attached to an aromatic ring is 1. The van der Waals surface area contributed by atoms with Crippen LogP contribution in [-0.4, -0.2) is 60.2 Å². The van der Waals surface area contributed by atoms with Crippen molar-refractivity contribution in [1.29, 1.82) is 0 Å². The third-order valence-electron chi connectivity index (χ3n) is 2.87. The maximum absolute atomic E-state index is 5.48. The Morgan fingerprint density at radius 3 is 2.48 bits per heavy atom. The molecule has 0 radical (unpaired) electrons. The molecule has 0 atom stereocenters. The van der Waals surface area contributed by atoms with Gasteiger partial charge in [0, 0.05) is 13.1 Å². The van der Waals surface area contributed by atoms with Gasteiger partial charge in [0.15, 0.2) is 0 Å². The van der Waals surface area contributed by atoms with Gasteiger partial charge in [-0.1, -0.05) is 6.92 Å². The van der Waals surface area contributed by atoms with E-state index < -0.39 is 0 Å². The highest BCUT2D eigenvalue weighted by Gasteiger charge is 2.12. The minimum Gasteiger partial charge on any atom is -0.463 e. The Kier molecular flexibility index (Phi) is 7.70. The van der Waals surface area contributed by atoms with Crippen molar-refractivity contribution in [2.75, 3.05) is 50.7 Å². The van der Waals surface area contributed by atoms with Gasteiger partial charge in [-0.3, -0.25) is 5.43 Å². The van der Waals surface area contributed by atoms with E-state index in [0.717, 1.165) is 32.5 Å². The zero-order chi connectivity index (χ0) is 15.7. The fourth-order valence-electron chi connectivity index (χ4n) is 1.79. The van der Waals surface area contributed by atoms with E-state index in [4.69, 9.17) is 10.6 Å². The maximum Gasteiger partial charge on any atom is 0.323 e. The van der Waals surface area contributed by atoms with Crippen LogP contribution in [0.25, 0.3) is 0 Å². The summed E-state index contributed by atoms with van der Waals surface area (Å²) in [5, 5.41) is 0. The molecule has 0 fully saturated rings. The quantitative estimate of drug-likeness (QED) is 0.482. The highest BCUT2D eigenvalue weighted by atomic mass is 16.5. The number of nitrogens with two attached hydrogens (primary N) is 1. The van der Waals surface area contributed by atoms with E-state index in [2.05, 4.69) is 51.2 Å². The Morgan fingerprint density at radius 1 is 1.14 bits per heavy atom. The third kappa shape index (κ3) is 6.09. The van der Waals surface area contributed by atoms with Crippen LogP contribution in [0, 0.1) is 0 Å². The molecular formula is C13H27N7O. The normalized spacial score (nSPS) is 10.8. The van der Waals surface area contributed by atoms with Crippen LogP contribution in [0.4, 0.5) is 11.9 Å². The first-order valence-corrected chi connectivity index (χ1v) is 7.35. The van der Waals surface area contributed by atoms with E-state index in [-0.39, 0.29) is 0 Å². The molecule has 0 saturated carbocycles. The summed E-state index contributed by atoms with van der Waals surface area (Å²) >= 11 is 0. The van der Waals surface area contributed by atoms with E-state index in [9.17, 15) is 0 Å². The van der Waals surface area contributed by atoms with Crippen molar-refractivity contribution >= 4 is 11.9 Å². The second-order valence-corrected chi connectivity index (χ2v) is 4.97. The number of nitrogens with one attached hydrogen (secondary N) is 1. The Morgan fingerprint density at radius 2 is 1.90 bits per heavy atom. The Balaban J connectivity index is 2.80. The predicted molar refractivity (Wildman–Crippen MR) is 84.5 cm³/mol. The molecule has 1 heterocycles. The van der Waals surface area contributed by atoms with Gasteiger partial charge in [0.2, 0.25) is 11.9 Å². The minimum atomic E-state index is 0.306. The van der Waals surface area contributed by atoms with Crippen LogP contribution in [0.1, 0.15) is 26.7 Å². The van der Waals surface area contributed by atoms with Gasteiger partial charge in [-0.2, -0.15) is 15.0 Å². The average molecular weight is 297 g/mol. The zero-order valence-corrected chi connectivity index (χ0v) is 13.5. The molecule has 0 aliphatic heterocycles. The van der Waals surface area contributed by atoms with Gasteiger partial charge in [-0.25, -0.2) is 5.84 Å². The summed E-state index contributed by atoms with van der Waals surface area (Å²) in [6.45, 7) is 7.37. The maximum atomic E-state index is 5.48. The number of hydrogen-bond donors (Lipinski definition) is 2. The monoisotopic (exact) mass is 297 g/mol. The molecular weight excluding hydrogens is 270 g/mol. The SMILES string of the molecule is CCCOc1nc(NN)nc(N(CC)CCCN(C)C)n1. The van der Waals surface area contributed by atoms with Gasteiger partial charge in [-0.15, -0.1) is 0 Å². The molecule has 0 saturated heterocycles. The standard InChI is InChI=1S/C13H27N7O/c1-5-10-21-13-16-11(18-14)15-12(17-13)20(6-2)9-7-8-19(3)4/h5-10,14H2,1-4H3,(H,15,16,17,18). The smallest absolute Gasteiger partial charge is 0.323 e. The van der Waals surface area contributed by atoms with Crippen LogP contribution in [-0.2, 0) is 0 Å². The number of aromatic nitrogens is 3. The van der Waals surface area contributed by atoms with Crippen molar-refractivity contribution in [3.8, 4) is 6.01 Å². The summed E-state index contributed by atoms with van der Waals surface area (Å²) in [4.78, 5) is 17.0. The lowest BCUT2D eigenvalue weighted by atomic mass is 10.3. The van der Waals surface area contributed by atoms with Gasteiger partial charge >= 0.3 is 6.01 Å². The van der Waals surface area contributed by atoms with E-state index in [1.54, 1.807) is 0 Å². The summed E-state index contributed by atoms with van der Waals surface area (Å²) in [5.41, 5.74) is 2.46. The van der Waals surface area contributed by atoms with Gasteiger partial charge in [-0.05, 0) is 40.4 Å². The second-order valence-electron chi connectivity index (χ2n) is 4.97. The van der Waals surface area contributed by atoms with Crippen molar-refractivity contribution in [2.45, 2.75) is 26.7 Å². The van der Waals surface area contributed by atoms with Crippen molar-refractivity contribution in [1.82, 2.24) is 19.9 Å². The summed E-state index contributed by atoms with van der Waals surface area (Å²) < 4.78 is 5.48. The Labute approximate surface area is 126 Å². The molecule has 120 valence electrons. The molecule has 1 aromatic rings. The molecule has 0 unspecified atom stereocenters. The van der Waals surface area contributed by atoms with Crippen LogP contribution in [0.15, 0.2) is 0 Å². The van der Waals surface area contributed by atoms with Crippen LogP contribution in [0.3, 0.4) is 0 Å². The second kappa shape index (κ2) is 9.30. The number of nitrogens with zero attached hydrogens (tertiary/aromatic N) is 5.